The summed E-state index contributed by atoms with van der Waals surface area (Å²) in [5.74, 6) is -0.681. The lowest BCUT2D eigenvalue weighted by molar-refractivity contribution is -0.218. The maximum Gasteiger partial charge on any atom is 0.418 e. The molecule has 47 heavy (non-hydrogen) atoms. The largest absolute Gasteiger partial charge is 0.486 e. The number of nitrogens with one attached hydrogen (secondary N) is 1. The zero-order valence-corrected chi connectivity index (χ0v) is 27.6. The Morgan fingerprint density at radius 1 is 1.34 bits per heavy atom. The Bertz CT molecular complexity index is 1700. The van der Waals surface area contributed by atoms with E-state index in [4.69, 9.17) is 31.3 Å². The Hall–Kier alpha value is -3.88. The Kier molecular flexibility index (Phi) is 9.50. The van der Waals surface area contributed by atoms with Crippen LogP contribution in [-0.2, 0) is 35.5 Å². The zero-order chi connectivity index (χ0) is 34.3. The zero-order valence-electron chi connectivity index (χ0n) is 26.0. The number of nitrogen functional groups attached to an aromatic ring is 1. The molecule has 9 N–H and O–H groups in total. The summed E-state index contributed by atoms with van der Waals surface area (Å²) in [6.45, 7) is 4.64. The molecular weight excluding hydrogens is 656 g/mol. The number of hydrogen-bond acceptors (Lipinski definition) is 14. The highest BCUT2D eigenvalue weighted by Crippen LogP contribution is 2.36. The number of ether oxygens (including phenoxy) is 1. The van der Waals surface area contributed by atoms with Gasteiger partial charge < -0.3 is 37.2 Å². The minimum absolute atomic E-state index is 0.0175. The lowest BCUT2D eigenvalue weighted by atomic mass is 9.72. The van der Waals surface area contributed by atoms with E-state index in [0.717, 1.165) is 22.5 Å². The average Bonchev–Trinajstić information content (AvgIpc) is 3.42. The van der Waals surface area contributed by atoms with E-state index in [2.05, 4.69) is 24.7 Å². The lowest BCUT2D eigenvalue weighted by Crippen LogP contribution is -2.76. The molecule has 17 nitrogen and oxygen atoms in total. The van der Waals surface area contributed by atoms with Crippen molar-refractivity contribution in [2.75, 3.05) is 12.3 Å². The fraction of sp³-hybridized carbons (Fsp3) is 0.536. The number of oxime groups is 1. The molecule has 1 saturated heterocycles. The van der Waals surface area contributed by atoms with Crippen molar-refractivity contribution in [2.45, 2.75) is 88.2 Å². The molecule has 1 aliphatic carbocycles. The topological polar surface area (TPSA) is 267 Å². The first-order chi connectivity index (χ1) is 22.0. The summed E-state index contributed by atoms with van der Waals surface area (Å²) in [6, 6.07) is 4.39. The molecule has 2 aliphatic heterocycles. The van der Waals surface area contributed by atoms with Gasteiger partial charge in [-0.3, -0.25) is 19.1 Å². The number of aryl methyl sites for hydroxylation is 1. The number of rotatable bonds is 12. The van der Waals surface area contributed by atoms with Crippen LogP contribution in [0.5, 0.6) is 5.75 Å². The SMILES string of the molecule is CC(O/N=C(\C(=O)NC1C(=O)N(OS(=O)(=O)O)C1(C)C)c1csc(N)n1)C1CCc2cc(C(N)=NC3CC(N)(CCO)C3)ccc2O1. The number of aliphatic hydroxyl groups is 1. The van der Waals surface area contributed by atoms with Crippen LogP contribution in [0.15, 0.2) is 33.7 Å². The predicted octanol–water partition coefficient (Wildman–Crippen LogP) is 0.0159. The molecule has 2 fully saturated rings. The monoisotopic (exact) mass is 694 g/mol. The number of amides is 2. The molecule has 3 heterocycles. The number of fused-ring (bicyclic) bond motifs is 1. The summed E-state index contributed by atoms with van der Waals surface area (Å²) >= 11 is 1.07. The van der Waals surface area contributed by atoms with Crippen molar-refractivity contribution in [2.24, 2.45) is 21.6 Å². The van der Waals surface area contributed by atoms with Crippen molar-refractivity contribution >= 4 is 50.2 Å². The van der Waals surface area contributed by atoms with Gasteiger partial charge in [0, 0.05) is 23.1 Å². The van der Waals surface area contributed by atoms with E-state index in [0.29, 0.717) is 48.8 Å². The third-order valence-electron chi connectivity index (χ3n) is 8.48. The number of carbonyl (C=O) groups excluding carboxylic acids is 2. The van der Waals surface area contributed by atoms with E-state index in [-0.39, 0.29) is 34.7 Å². The van der Waals surface area contributed by atoms with Crippen molar-refractivity contribution in [3.8, 4) is 5.75 Å². The number of hydroxylamine groups is 2. The number of aliphatic hydroxyl groups excluding tert-OH is 1. The summed E-state index contributed by atoms with van der Waals surface area (Å²) in [4.78, 5) is 40.3. The van der Waals surface area contributed by atoms with Crippen LogP contribution >= 0.6 is 11.3 Å². The molecule has 2 aromatic rings. The third-order valence-corrected chi connectivity index (χ3v) is 9.49. The van der Waals surface area contributed by atoms with Crippen molar-refractivity contribution in [1.82, 2.24) is 15.4 Å². The predicted molar refractivity (Wildman–Crippen MR) is 171 cm³/mol. The van der Waals surface area contributed by atoms with Crippen molar-refractivity contribution in [1.29, 1.82) is 0 Å². The first-order valence-corrected chi connectivity index (χ1v) is 17.0. The van der Waals surface area contributed by atoms with Gasteiger partial charge >= 0.3 is 10.4 Å². The highest BCUT2D eigenvalue weighted by Gasteiger charge is 2.58. The molecule has 3 atom stereocenters. The number of nitrogens with two attached hydrogens (primary N) is 3. The highest BCUT2D eigenvalue weighted by atomic mass is 32.3. The number of carbonyl (C=O) groups is 2. The second kappa shape index (κ2) is 13.0. The molecule has 0 spiro atoms. The van der Waals surface area contributed by atoms with Crippen LogP contribution in [0.1, 0.15) is 63.3 Å². The third kappa shape index (κ3) is 7.49. The smallest absolute Gasteiger partial charge is 0.418 e. The summed E-state index contributed by atoms with van der Waals surface area (Å²) in [7, 11) is -4.97. The van der Waals surface area contributed by atoms with Crippen molar-refractivity contribution in [3.63, 3.8) is 0 Å². The van der Waals surface area contributed by atoms with E-state index in [1.54, 1.807) is 6.92 Å². The van der Waals surface area contributed by atoms with Gasteiger partial charge in [0.25, 0.3) is 11.8 Å². The quantitative estimate of drug-likeness (QED) is 0.0563. The Labute approximate surface area is 275 Å². The fourth-order valence-electron chi connectivity index (χ4n) is 5.79. The molecule has 1 aromatic carbocycles. The van der Waals surface area contributed by atoms with E-state index in [9.17, 15) is 23.1 Å². The Morgan fingerprint density at radius 2 is 2.06 bits per heavy atom. The van der Waals surface area contributed by atoms with Crippen LogP contribution in [0.2, 0.25) is 0 Å². The Morgan fingerprint density at radius 3 is 2.68 bits per heavy atom. The normalized spacial score (nSPS) is 26.4. The second-order valence-corrected chi connectivity index (χ2v) is 14.3. The molecule has 5 rings (SSSR count). The molecule has 1 aromatic heterocycles. The number of anilines is 1. The van der Waals surface area contributed by atoms with Gasteiger partial charge in [0.05, 0.1) is 11.6 Å². The summed E-state index contributed by atoms with van der Waals surface area (Å²) in [5, 5.41) is 17.9. The van der Waals surface area contributed by atoms with Crippen LogP contribution in [0.25, 0.3) is 0 Å². The molecule has 2 amide bonds. The van der Waals surface area contributed by atoms with Crippen LogP contribution in [-0.4, -0.2) is 93.5 Å². The number of β-lactam (4-membered cyclic amide) rings is 1. The minimum Gasteiger partial charge on any atom is -0.486 e. The molecule has 3 unspecified atom stereocenters. The molecule has 1 saturated carbocycles. The molecule has 19 heteroatoms. The number of thiazole rings is 1. The number of amidine groups is 1. The van der Waals surface area contributed by atoms with Gasteiger partial charge in [-0.2, -0.15) is 13.5 Å². The number of hydrogen-bond donors (Lipinski definition) is 6. The van der Waals surface area contributed by atoms with E-state index < -0.39 is 46.0 Å². The number of nitrogens with zero attached hydrogens (tertiary/aromatic N) is 4. The van der Waals surface area contributed by atoms with Gasteiger partial charge in [-0.1, -0.05) is 5.16 Å². The lowest BCUT2D eigenvalue weighted by Gasteiger charge is -2.50. The molecule has 0 bridgehead atoms. The number of aromatic nitrogens is 1. The first kappa shape index (κ1) is 34.5. The summed E-state index contributed by atoms with van der Waals surface area (Å²) in [6.07, 6.45) is 2.06. The van der Waals surface area contributed by atoms with Crippen LogP contribution in [0, 0.1) is 0 Å². The maximum atomic E-state index is 13.3. The van der Waals surface area contributed by atoms with E-state index in [1.165, 1.54) is 19.2 Å². The standard InChI is InChI=1S/C28H38N8O9S2/c1-14(19-6-4-15-10-16(5-7-20(15)43-19)23(29)32-17-11-28(31,12-17)8-9-37)44-35-21(18-13-46-26(30)33-18)24(38)34-22-25(39)36(27(22,2)3)45-47(40,41)42/h5,7,10,13-14,17,19,22,37H,4,6,8-9,11-12,31H2,1-3H3,(H2,29,32)(H2,30,33)(H,34,38)(H,40,41,42)/b35-21-. The first-order valence-electron chi connectivity index (χ1n) is 14.8. The van der Waals surface area contributed by atoms with Crippen LogP contribution < -0.4 is 27.3 Å². The van der Waals surface area contributed by atoms with Gasteiger partial charge in [0.1, 0.15) is 29.4 Å². The van der Waals surface area contributed by atoms with Gasteiger partial charge in [-0.15, -0.1) is 15.6 Å². The number of aliphatic imine (C=N–C) groups is 1. The summed E-state index contributed by atoms with van der Waals surface area (Å²) < 4.78 is 41.8. The highest BCUT2D eigenvalue weighted by molar-refractivity contribution is 7.80. The average molecular weight is 695 g/mol. The fourth-order valence-corrected chi connectivity index (χ4v) is 6.79. The van der Waals surface area contributed by atoms with Crippen molar-refractivity contribution in [3.05, 3.63) is 40.4 Å². The van der Waals surface area contributed by atoms with Gasteiger partial charge in [-0.05, 0) is 76.6 Å². The summed E-state index contributed by atoms with van der Waals surface area (Å²) in [5.41, 5.74) is 18.1. The maximum absolute atomic E-state index is 13.3. The van der Waals surface area contributed by atoms with Crippen LogP contribution in [0.4, 0.5) is 5.13 Å². The molecule has 256 valence electrons. The van der Waals surface area contributed by atoms with E-state index >= 15 is 0 Å². The molecular formula is C28H38N8O9S2. The van der Waals surface area contributed by atoms with Gasteiger partial charge in [0.15, 0.2) is 16.9 Å². The second-order valence-electron chi connectivity index (χ2n) is 12.4. The van der Waals surface area contributed by atoms with Crippen LogP contribution in [0.3, 0.4) is 0 Å². The van der Waals surface area contributed by atoms with E-state index in [1.807, 2.05) is 18.2 Å². The van der Waals surface area contributed by atoms with Gasteiger partial charge in [-0.25, -0.2) is 4.98 Å². The molecule has 0 radical (unpaired) electrons. The minimum atomic E-state index is -4.97. The molecule has 3 aliphatic rings. The number of benzene rings is 1. The van der Waals surface area contributed by atoms with Crippen molar-refractivity contribution < 1.29 is 41.5 Å². The van der Waals surface area contributed by atoms with Gasteiger partial charge in [0.2, 0.25) is 0 Å². The Balaban J connectivity index is 1.23.